The number of carbonyl (C=O) groups is 2. The van der Waals surface area contributed by atoms with Crippen LogP contribution in [-0.4, -0.2) is 40.0 Å². The van der Waals surface area contributed by atoms with Gasteiger partial charge in [0.15, 0.2) is 0 Å². The van der Waals surface area contributed by atoms with Gasteiger partial charge in [0, 0.05) is 18.3 Å². The van der Waals surface area contributed by atoms with E-state index in [0.717, 1.165) is 0 Å². The van der Waals surface area contributed by atoms with Gasteiger partial charge in [-0.25, -0.2) is 4.98 Å². The normalized spacial score (nSPS) is 10.0. The highest BCUT2D eigenvalue weighted by Crippen LogP contribution is 2.11. The van der Waals surface area contributed by atoms with Crippen molar-refractivity contribution in [3.8, 4) is 0 Å². The monoisotopic (exact) mass is 300 g/mol. The SMILES string of the molecule is CCCN(CC(=O)O)C(=O)c1ccnc(Br)c1. The Balaban J connectivity index is 2.87. The molecule has 92 valence electrons. The number of amides is 1. The van der Waals surface area contributed by atoms with Crippen LogP contribution in [0.15, 0.2) is 22.9 Å². The second kappa shape index (κ2) is 6.34. The first-order valence-corrected chi connectivity index (χ1v) is 5.96. The lowest BCUT2D eigenvalue weighted by molar-refractivity contribution is -0.137. The fraction of sp³-hybridized carbons (Fsp3) is 0.364. The first-order chi connectivity index (χ1) is 8.04. The fourth-order valence-corrected chi connectivity index (χ4v) is 1.77. The van der Waals surface area contributed by atoms with Gasteiger partial charge in [0.05, 0.1) is 0 Å². The summed E-state index contributed by atoms with van der Waals surface area (Å²) in [6.45, 7) is 2.03. The molecular weight excluding hydrogens is 288 g/mol. The van der Waals surface area contributed by atoms with E-state index in [9.17, 15) is 9.59 Å². The van der Waals surface area contributed by atoms with Crippen molar-refractivity contribution < 1.29 is 14.7 Å². The van der Waals surface area contributed by atoms with Gasteiger partial charge in [-0.1, -0.05) is 6.92 Å². The number of halogens is 1. The van der Waals surface area contributed by atoms with Crippen LogP contribution >= 0.6 is 15.9 Å². The van der Waals surface area contributed by atoms with Crippen LogP contribution in [0.4, 0.5) is 0 Å². The van der Waals surface area contributed by atoms with Gasteiger partial charge in [0.1, 0.15) is 11.1 Å². The van der Waals surface area contributed by atoms with Crippen LogP contribution in [0.5, 0.6) is 0 Å². The van der Waals surface area contributed by atoms with E-state index in [-0.39, 0.29) is 12.5 Å². The zero-order valence-corrected chi connectivity index (χ0v) is 11.0. The van der Waals surface area contributed by atoms with E-state index in [1.165, 1.54) is 11.1 Å². The molecule has 0 atom stereocenters. The van der Waals surface area contributed by atoms with Gasteiger partial charge >= 0.3 is 5.97 Å². The van der Waals surface area contributed by atoms with E-state index in [4.69, 9.17) is 5.11 Å². The van der Waals surface area contributed by atoms with Crippen molar-refractivity contribution in [2.75, 3.05) is 13.1 Å². The Morgan fingerprint density at radius 2 is 2.24 bits per heavy atom. The van der Waals surface area contributed by atoms with E-state index in [1.54, 1.807) is 12.1 Å². The molecule has 0 bridgehead atoms. The Bertz CT molecular complexity index is 423. The number of carboxylic acid groups (broad SMARTS) is 1. The quantitative estimate of drug-likeness (QED) is 0.842. The number of carbonyl (C=O) groups excluding carboxylic acids is 1. The molecule has 0 radical (unpaired) electrons. The lowest BCUT2D eigenvalue weighted by Crippen LogP contribution is -2.36. The molecule has 0 saturated heterocycles. The third-order valence-electron chi connectivity index (χ3n) is 2.08. The summed E-state index contributed by atoms with van der Waals surface area (Å²) in [7, 11) is 0. The molecule has 6 heteroatoms. The smallest absolute Gasteiger partial charge is 0.323 e. The van der Waals surface area contributed by atoms with E-state index in [0.29, 0.717) is 23.1 Å². The summed E-state index contributed by atoms with van der Waals surface area (Å²) in [4.78, 5) is 27.9. The van der Waals surface area contributed by atoms with Crippen molar-refractivity contribution in [3.63, 3.8) is 0 Å². The molecule has 1 heterocycles. The van der Waals surface area contributed by atoms with Crippen molar-refractivity contribution in [3.05, 3.63) is 28.5 Å². The van der Waals surface area contributed by atoms with Gasteiger partial charge in [-0.15, -0.1) is 0 Å². The second-order valence-electron chi connectivity index (χ2n) is 3.49. The van der Waals surface area contributed by atoms with Gasteiger partial charge in [-0.05, 0) is 34.5 Å². The molecule has 17 heavy (non-hydrogen) atoms. The van der Waals surface area contributed by atoms with Gasteiger partial charge in [0.25, 0.3) is 5.91 Å². The maximum absolute atomic E-state index is 12.0. The van der Waals surface area contributed by atoms with Crippen LogP contribution in [0.1, 0.15) is 23.7 Å². The zero-order valence-electron chi connectivity index (χ0n) is 9.39. The molecule has 0 aliphatic heterocycles. The van der Waals surface area contributed by atoms with Crippen LogP contribution in [0.2, 0.25) is 0 Å². The van der Waals surface area contributed by atoms with Gasteiger partial charge in [-0.3, -0.25) is 9.59 Å². The average Bonchev–Trinajstić information content (AvgIpc) is 2.27. The van der Waals surface area contributed by atoms with Crippen LogP contribution in [0, 0.1) is 0 Å². The molecule has 1 aromatic rings. The number of aliphatic carboxylic acids is 1. The standard InChI is InChI=1S/C11H13BrN2O3/c1-2-5-14(7-10(15)16)11(17)8-3-4-13-9(12)6-8/h3-4,6H,2,5,7H2,1H3,(H,15,16). The number of aromatic nitrogens is 1. The Morgan fingerprint density at radius 3 is 2.76 bits per heavy atom. The fourth-order valence-electron chi connectivity index (χ4n) is 1.40. The lowest BCUT2D eigenvalue weighted by Gasteiger charge is -2.19. The summed E-state index contributed by atoms with van der Waals surface area (Å²) < 4.78 is 0.551. The van der Waals surface area contributed by atoms with Crippen molar-refractivity contribution in [1.29, 1.82) is 0 Å². The molecule has 1 N–H and O–H groups in total. The minimum atomic E-state index is -1.01. The number of carboxylic acids is 1. The van der Waals surface area contributed by atoms with E-state index >= 15 is 0 Å². The van der Waals surface area contributed by atoms with Crippen molar-refractivity contribution in [2.45, 2.75) is 13.3 Å². The van der Waals surface area contributed by atoms with Crippen molar-refractivity contribution in [2.24, 2.45) is 0 Å². The Morgan fingerprint density at radius 1 is 1.53 bits per heavy atom. The lowest BCUT2D eigenvalue weighted by atomic mass is 10.2. The Hall–Kier alpha value is -1.43. The minimum Gasteiger partial charge on any atom is -0.480 e. The number of pyridine rings is 1. The van der Waals surface area contributed by atoms with Crippen molar-refractivity contribution >= 4 is 27.8 Å². The topological polar surface area (TPSA) is 70.5 Å². The highest BCUT2D eigenvalue weighted by Gasteiger charge is 2.17. The summed E-state index contributed by atoms with van der Waals surface area (Å²) in [5.41, 5.74) is 0.432. The zero-order chi connectivity index (χ0) is 12.8. The maximum atomic E-state index is 12.0. The average molecular weight is 301 g/mol. The molecule has 1 amide bonds. The number of hydrogen-bond donors (Lipinski definition) is 1. The van der Waals surface area contributed by atoms with Crippen molar-refractivity contribution in [1.82, 2.24) is 9.88 Å². The maximum Gasteiger partial charge on any atom is 0.323 e. The molecule has 0 aliphatic carbocycles. The third-order valence-corrected chi connectivity index (χ3v) is 2.51. The third kappa shape index (κ3) is 4.14. The largest absolute Gasteiger partial charge is 0.480 e. The molecule has 0 spiro atoms. The summed E-state index contributed by atoms with van der Waals surface area (Å²) in [5, 5.41) is 8.75. The first kappa shape index (κ1) is 13.6. The summed E-state index contributed by atoms with van der Waals surface area (Å²) >= 11 is 3.17. The van der Waals surface area contributed by atoms with Gasteiger partial charge in [-0.2, -0.15) is 0 Å². The van der Waals surface area contributed by atoms with Crippen LogP contribution in [-0.2, 0) is 4.79 Å². The summed E-state index contributed by atoms with van der Waals surface area (Å²) in [6.07, 6.45) is 2.22. The molecule has 1 rings (SSSR count). The Labute approximate surface area is 108 Å². The van der Waals surface area contributed by atoms with Crippen LogP contribution in [0.3, 0.4) is 0 Å². The Kier molecular flexibility index (Phi) is 5.09. The predicted molar refractivity (Wildman–Crippen MR) is 65.8 cm³/mol. The number of hydrogen-bond acceptors (Lipinski definition) is 3. The first-order valence-electron chi connectivity index (χ1n) is 5.17. The molecular formula is C11H13BrN2O3. The molecule has 0 aliphatic rings. The molecule has 0 unspecified atom stereocenters. The van der Waals surface area contributed by atoms with Crippen LogP contribution in [0.25, 0.3) is 0 Å². The summed E-state index contributed by atoms with van der Waals surface area (Å²) in [5.74, 6) is -1.31. The van der Waals surface area contributed by atoms with E-state index in [2.05, 4.69) is 20.9 Å². The number of rotatable bonds is 5. The molecule has 5 nitrogen and oxygen atoms in total. The number of nitrogens with zero attached hydrogens (tertiary/aromatic N) is 2. The second-order valence-corrected chi connectivity index (χ2v) is 4.30. The van der Waals surface area contributed by atoms with Crippen LogP contribution < -0.4 is 0 Å². The molecule has 0 fully saturated rings. The molecule has 0 aromatic carbocycles. The van der Waals surface area contributed by atoms with E-state index < -0.39 is 5.97 Å². The predicted octanol–water partition coefficient (Wildman–Crippen LogP) is 1.78. The summed E-state index contributed by atoms with van der Waals surface area (Å²) in [6, 6.07) is 3.14. The minimum absolute atomic E-state index is 0.285. The highest BCUT2D eigenvalue weighted by atomic mass is 79.9. The molecule has 0 saturated carbocycles. The molecule has 1 aromatic heterocycles. The van der Waals surface area contributed by atoms with Gasteiger partial charge < -0.3 is 10.0 Å². The highest BCUT2D eigenvalue weighted by molar-refractivity contribution is 9.10. The van der Waals surface area contributed by atoms with E-state index in [1.807, 2.05) is 6.92 Å². The van der Waals surface area contributed by atoms with Gasteiger partial charge in [0.2, 0.25) is 0 Å².